The quantitative estimate of drug-likeness (QED) is 0.665. The summed E-state index contributed by atoms with van der Waals surface area (Å²) in [7, 11) is 0. The average molecular weight is 275 g/mol. The van der Waals surface area contributed by atoms with E-state index in [1.165, 1.54) is 33.2 Å². The van der Waals surface area contributed by atoms with E-state index < -0.39 is 0 Å². The summed E-state index contributed by atoms with van der Waals surface area (Å²) in [4.78, 5) is 3.24. The number of fused-ring (bicyclic) bond motifs is 1. The third-order valence-electron chi connectivity index (χ3n) is 4.03. The number of allylic oxidation sites excluding steroid dienone is 1. The molecule has 0 atom stereocenters. The van der Waals surface area contributed by atoms with Crippen LogP contribution in [0.5, 0.6) is 0 Å². The molecule has 2 aromatic carbocycles. The highest BCUT2D eigenvalue weighted by atomic mass is 14.7. The van der Waals surface area contributed by atoms with Crippen LogP contribution in [0.4, 0.5) is 0 Å². The van der Waals surface area contributed by atoms with Crippen LogP contribution in [0.3, 0.4) is 0 Å². The number of hydrogen-bond donors (Lipinski definition) is 1. The first-order chi connectivity index (χ1) is 10.1. The SMILES string of the molecule is C=C(C)c1cc(C)ccc1CCc1ccc2[nH]ccc2c1. The van der Waals surface area contributed by atoms with Gasteiger partial charge in [0.25, 0.3) is 0 Å². The van der Waals surface area contributed by atoms with E-state index in [-0.39, 0.29) is 0 Å². The molecule has 1 aromatic heterocycles. The highest BCUT2D eigenvalue weighted by molar-refractivity contribution is 5.79. The number of nitrogens with one attached hydrogen (secondary N) is 1. The molecular weight excluding hydrogens is 254 g/mol. The standard InChI is InChI=1S/C20H21N/c1-14(2)19-12-15(3)4-7-17(19)8-5-16-6-9-20-18(13-16)10-11-21-20/h4,6-7,9-13,21H,1,5,8H2,2-3H3. The Morgan fingerprint density at radius 3 is 2.71 bits per heavy atom. The number of aromatic amines is 1. The molecule has 0 spiro atoms. The van der Waals surface area contributed by atoms with Crippen LogP contribution in [0, 0.1) is 6.92 Å². The minimum absolute atomic E-state index is 1.05. The van der Waals surface area contributed by atoms with Crippen molar-refractivity contribution in [2.45, 2.75) is 26.7 Å². The van der Waals surface area contributed by atoms with Crippen molar-refractivity contribution < 1.29 is 0 Å². The predicted molar refractivity (Wildman–Crippen MR) is 91.6 cm³/mol. The van der Waals surface area contributed by atoms with Crippen molar-refractivity contribution in [3.8, 4) is 0 Å². The van der Waals surface area contributed by atoms with Crippen LogP contribution in [0.2, 0.25) is 0 Å². The molecule has 21 heavy (non-hydrogen) atoms. The Morgan fingerprint density at radius 2 is 1.90 bits per heavy atom. The highest BCUT2D eigenvalue weighted by Gasteiger charge is 2.05. The molecule has 0 bridgehead atoms. The molecule has 1 nitrogen and oxygen atoms in total. The van der Waals surface area contributed by atoms with Gasteiger partial charge in [-0.25, -0.2) is 0 Å². The van der Waals surface area contributed by atoms with Crippen molar-refractivity contribution in [2.24, 2.45) is 0 Å². The van der Waals surface area contributed by atoms with Gasteiger partial charge in [0.05, 0.1) is 0 Å². The van der Waals surface area contributed by atoms with Gasteiger partial charge in [-0.1, -0.05) is 42.0 Å². The van der Waals surface area contributed by atoms with Crippen molar-refractivity contribution in [1.82, 2.24) is 4.98 Å². The molecule has 106 valence electrons. The van der Waals surface area contributed by atoms with Gasteiger partial charge < -0.3 is 4.98 Å². The van der Waals surface area contributed by atoms with E-state index in [1.54, 1.807) is 0 Å². The summed E-state index contributed by atoms with van der Waals surface area (Å²) in [5.41, 5.74) is 7.73. The molecule has 0 saturated carbocycles. The zero-order valence-electron chi connectivity index (χ0n) is 12.7. The second-order valence-corrected chi connectivity index (χ2v) is 5.84. The van der Waals surface area contributed by atoms with Gasteiger partial charge in [-0.05, 0) is 67.0 Å². The Labute approximate surface area is 126 Å². The third kappa shape index (κ3) is 2.92. The molecule has 0 aliphatic rings. The molecule has 3 aromatic rings. The van der Waals surface area contributed by atoms with Crippen molar-refractivity contribution in [2.75, 3.05) is 0 Å². The van der Waals surface area contributed by atoms with Crippen LogP contribution in [-0.4, -0.2) is 4.98 Å². The normalized spacial score (nSPS) is 11.0. The van der Waals surface area contributed by atoms with E-state index in [0.29, 0.717) is 0 Å². The maximum Gasteiger partial charge on any atom is 0.0454 e. The Morgan fingerprint density at radius 1 is 1.05 bits per heavy atom. The van der Waals surface area contributed by atoms with E-state index in [2.05, 4.69) is 67.9 Å². The second kappa shape index (κ2) is 5.61. The van der Waals surface area contributed by atoms with Gasteiger partial charge in [0.15, 0.2) is 0 Å². The van der Waals surface area contributed by atoms with Gasteiger partial charge in [-0.2, -0.15) is 0 Å². The van der Waals surface area contributed by atoms with E-state index in [4.69, 9.17) is 0 Å². The summed E-state index contributed by atoms with van der Waals surface area (Å²) in [6.07, 6.45) is 4.11. The van der Waals surface area contributed by atoms with E-state index in [1.807, 2.05) is 6.20 Å². The average Bonchev–Trinajstić information content (AvgIpc) is 2.93. The first-order valence-electron chi connectivity index (χ1n) is 7.45. The Balaban J connectivity index is 1.82. The van der Waals surface area contributed by atoms with Gasteiger partial charge in [0.1, 0.15) is 0 Å². The van der Waals surface area contributed by atoms with Crippen LogP contribution in [0.25, 0.3) is 16.5 Å². The first kappa shape index (κ1) is 13.7. The summed E-state index contributed by atoms with van der Waals surface area (Å²) in [5, 5.41) is 1.29. The number of aryl methyl sites for hydroxylation is 3. The number of aromatic nitrogens is 1. The zero-order valence-corrected chi connectivity index (χ0v) is 12.7. The molecule has 1 heterocycles. The molecule has 0 aliphatic carbocycles. The Bertz CT molecular complexity index is 792. The Hall–Kier alpha value is -2.28. The largest absolute Gasteiger partial charge is 0.361 e. The summed E-state index contributed by atoms with van der Waals surface area (Å²) in [5.74, 6) is 0. The van der Waals surface area contributed by atoms with Crippen molar-refractivity contribution in [3.63, 3.8) is 0 Å². The number of H-pyrrole nitrogens is 1. The van der Waals surface area contributed by atoms with Crippen LogP contribution in [0.1, 0.15) is 29.2 Å². The highest BCUT2D eigenvalue weighted by Crippen LogP contribution is 2.22. The number of hydrogen-bond acceptors (Lipinski definition) is 0. The fourth-order valence-corrected chi connectivity index (χ4v) is 2.84. The van der Waals surface area contributed by atoms with Crippen LogP contribution in [0.15, 0.2) is 55.2 Å². The summed E-state index contributed by atoms with van der Waals surface area (Å²) in [6, 6.07) is 15.5. The fraction of sp³-hybridized carbons (Fsp3) is 0.200. The lowest BCUT2D eigenvalue weighted by atomic mass is 9.94. The first-order valence-corrected chi connectivity index (χ1v) is 7.45. The van der Waals surface area contributed by atoms with E-state index >= 15 is 0 Å². The molecule has 3 rings (SSSR count). The molecule has 0 unspecified atom stereocenters. The van der Waals surface area contributed by atoms with E-state index in [9.17, 15) is 0 Å². The lowest BCUT2D eigenvalue weighted by Crippen LogP contribution is -1.96. The fourth-order valence-electron chi connectivity index (χ4n) is 2.84. The van der Waals surface area contributed by atoms with Gasteiger partial charge in [0.2, 0.25) is 0 Å². The monoisotopic (exact) mass is 275 g/mol. The molecule has 0 amide bonds. The maximum absolute atomic E-state index is 4.11. The van der Waals surface area contributed by atoms with Crippen LogP contribution < -0.4 is 0 Å². The summed E-state index contributed by atoms with van der Waals surface area (Å²) >= 11 is 0. The molecule has 0 aliphatic heterocycles. The molecule has 0 saturated heterocycles. The maximum atomic E-state index is 4.11. The predicted octanol–water partition coefficient (Wildman–Crippen LogP) is 5.29. The lowest BCUT2D eigenvalue weighted by Gasteiger charge is -2.11. The Kier molecular flexibility index (Phi) is 3.66. The van der Waals surface area contributed by atoms with Crippen molar-refractivity contribution >= 4 is 16.5 Å². The topological polar surface area (TPSA) is 15.8 Å². The van der Waals surface area contributed by atoms with Gasteiger partial charge in [-0.3, -0.25) is 0 Å². The summed E-state index contributed by atoms with van der Waals surface area (Å²) in [6.45, 7) is 8.33. The molecular formula is C20H21N. The van der Waals surface area contributed by atoms with Gasteiger partial charge in [-0.15, -0.1) is 0 Å². The smallest absolute Gasteiger partial charge is 0.0454 e. The number of benzene rings is 2. The van der Waals surface area contributed by atoms with Crippen LogP contribution in [-0.2, 0) is 12.8 Å². The van der Waals surface area contributed by atoms with Crippen LogP contribution >= 0.6 is 0 Å². The zero-order chi connectivity index (χ0) is 14.8. The second-order valence-electron chi connectivity index (χ2n) is 5.84. The molecule has 1 heteroatoms. The lowest BCUT2D eigenvalue weighted by molar-refractivity contribution is 0.957. The number of rotatable bonds is 4. The van der Waals surface area contributed by atoms with Gasteiger partial charge >= 0.3 is 0 Å². The summed E-state index contributed by atoms with van der Waals surface area (Å²) < 4.78 is 0. The molecule has 0 fully saturated rings. The van der Waals surface area contributed by atoms with Gasteiger partial charge in [0, 0.05) is 11.7 Å². The molecule has 0 radical (unpaired) electrons. The minimum atomic E-state index is 1.05. The van der Waals surface area contributed by atoms with Crippen molar-refractivity contribution in [1.29, 1.82) is 0 Å². The van der Waals surface area contributed by atoms with E-state index in [0.717, 1.165) is 18.4 Å². The minimum Gasteiger partial charge on any atom is -0.361 e. The third-order valence-corrected chi connectivity index (χ3v) is 4.03. The molecule has 1 N–H and O–H groups in total. The van der Waals surface area contributed by atoms with Crippen molar-refractivity contribution in [3.05, 3.63) is 77.5 Å².